The van der Waals surface area contributed by atoms with E-state index in [1.165, 1.54) is 0 Å². The molecule has 0 aromatic carbocycles. The number of nitrogens with zero attached hydrogens (tertiary/aromatic N) is 1. The minimum atomic E-state index is -0.158. The zero-order chi connectivity index (χ0) is 14.5. The summed E-state index contributed by atoms with van der Waals surface area (Å²) in [5.41, 5.74) is 0.504. The van der Waals surface area contributed by atoms with Gasteiger partial charge in [0, 0.05) is 17.0 Å². The van der Waals surface area contributed by atoms with E-state index in [9.17, 15) is 4.79 Å². The number of rotatable bonds is 5. The fourth-order valence-electron chi connectivity index (χ4n) is 1.79. The lowest BCUT2D eigenvalue weighted by atomic mass is 10.2. The maximum atomic E-state index is 12.2. The van der Waals surface area contributed by atoms with Crippen molar-refractivity contribution in [2.24, 2.45) is 0 Å². The van der Waals surface area contributed by atoms with Crippen LogP contribution in [0.15, 0.2) is 29.6 Å². The van der Waals surface area contributed by atoms with Crippen molar-refractivity contribution in [3.63, 3.8) is 0 Å². The first-order chi connectivity index (χ1) is 9.60. The van der Waals surface area contributed by atoms with Crippen LogP contribution in [0.3, 0.4) is 0 Å². The lowest BCUT2D eigenvalue weighted by Crippen LogP contribution is -2.26. The second-order valence-electron chi connectivity index (χ2n) is 4.30. The largest absolute Gasteiger partial charge is 0.370 e. The Kier molecular flexibility index (Phi) is 4.98. The Morgan fingerprint density at radius 1 is 1.50 bits per heavy atom. The van der Waals surface area contributed by atoms with Gasteiger partial charge in [-0.25, -0.2) is 4.98 Å². The molecule has 2 N–H and O–H groups in total. The third kappa shape index (κ3) is 3.71. The molecule has 0 aliphatic rings. The number of carbonyl (C=O) groups is 1. The second-order valence-corrected chi connectivity index (χ2v) is 5.67. The number of anilines is 1. The van der Waals surface area contributed by atoms with E-state index in [2.05, 4.69) is 15.6 Å². The number of hydrogen-bond donors (Lipinski definition) is 2. The van der Waals surface area contributed by atoms with Gasteiger partial charge < -0.3 is 10.6 Å². The highest BCUT2D eigenvalue weighted by Gasteiger charge is 2.13. The van der Waals surface area contributed by atoms with E-state index in [-0.39, 0.29) is 11.9 Å². The number of thiophene rings is 1. The number of aromatic nitrogens is 1. The molecule has 0 aliphatic carbocycles. The summed E-state index contributed by atoms with van der Waals surface area (Å²) in [6, 6.07) is 7.20. The molecule has 0 saturated heterocycles. The zero-order valence-electron chi connectivity index (χ0n) is 11.3. The molecular formula is C14H16ClN3OS. The van der Waals surface area contributed by atoms with Gasteiger partial charge in [-0.2, -0.15) is 0 Å². The molecule has 0 radical (unpaired) electrons. The van der Waals surface area contributed by atoms with Crippen molar-refractivity contribution in [1.82, 2.24) is 10.3 Å². The van der Waals surface area contributed by atoms with E-state index in [1.807, 2.05) is 31.4 Å². The van der Waals surface area contributed by atoms with Crippen molar-refractivity contribution in [1.29, 1.82) is 0 Å². The van der Waals surface area contributed by atoms with E-state index in [0.29, 0.717) is 16.5 Å². The Balaban J connectivity index is 2.12. The molecule has 1 atom stereocenters. The maximum Gasteiger partial charge on any atom is 0.252 e. The second kappa shape index (κ2) is 6.72. The lowest BCUT2D eigenvalue weighted by molar-refractivity contribution is 0.0940. The van der Waals surface area contributed by atoms with Crippen molar-refractivity contribution in [2.45, 2.75) is 19.9 Å². The van der Waals surface area contributed by atoms with Gasteiger partial charge in [0.1, 0.15) is 11.0 Å². The zero-order valence-corrected chi connectivity index (χ0v) is 12.9. The van der Waals surface area contributed by atoms with Crippen molar-refractivity contribution in [3.8, 4) is 0 Å². The Morgan fingerprint density at radius 3 is 2.95 bits per heavy atom. The predicted octanol–water partition coefficient (Wildman–Crippen LogP) is 3.72. The molecule has 2 aromatic rings. The molecule has 2 rings (SSSR count). The monoisotopic (exact) mass is 309 g/mol. The molecule has 0 aliphatic heterocycles. The topological polar surface area (TPSA) is 54.0 Å². The van der Waals surface area contributed by atoms with Crippen molar-refractivity contribution < 1.29 is 4.79 Å². The van der Waals surface area contributed by atoms with E-state index < -0.39 is 0 Å². The molecule has 0 bridgehead atoms. The van der Waals surface area contributed by atoms with Gasteiger partial charge >= 0.3 is 0 Å². The summed E-state index contributed by atoms with van der Waals surface area (Å²) in [5, 5.41) is 8.30. The standard InChI is InChI=1S/C14H16ClN3OS/c1-3-16-13-8-10(7-12(15)18-13)14(19)17-9(2)11-5-4-6-20-11/h4-9H,3H2,1-2H3,(H,16,18)(H,17,19). The van der Waals surface area contributed by atoms with Crippen LogP contribution >= 0.6 is 22.9 Å². The quantitative estimate of drug-likeness (QED) is 0.828. The number of halogens is 1. The summed E-state index contributed by atoms with van der Waals surface area (Å²) in [7, 11) is 0. The molecule has 6 heteroatoms. The lowest BCUT2D eigenvalue weighted by Gasteiger charge is -2.13. The van der Waals surface area contributed by atoms with Crippen LogP contribution < -0.4 is 10.6 Å². The molecule has 0 spiro atoms. The maximum absolute atomic E-state index is 12.2. The minimum absolute atomic E-state index is 0.0305. The number of carbonyl (C=O) groups excluding carboxylic acids is 1. The summed E-state index contributed by atoms with van der Waals surface area (Å²) < 4.78 is 0. The van der Waals surface area contributed by atoms with Crippen LogP contribution in [0.5, 0.6) is 0 Å². The molecule has 2 aromatic heterocycles. The van der Waals surface area contributed by atoms with Crippen molar-refractivity contribution in [3.05, 3.63) is 45.2 Å². The Labute approximate surface area is 127 Å². The molecule has 2 heterocycles. The fraction of sp³-hybridized carbons (Fsp3) is 0.286. The third-order valence-corrected chi connectivity index (χ3v) is 3.98. The van der Waals surface area contributed by atoms with E-state index in [1.54, 1.807) is 23.5 Å². The molecule has 4 nitrogen and oxygen atoms in total. The molecular weight excluding hydrogens is 294 g/mol. The number of pyridine rings is 1. The van der Waals surface area contributed by atoms with Gasteiger partial charge in [0.15, 0.2) is 0 Å². The van der Waals surface area contributed by atoms with Crippen molar-refractivity contribution >= 4 is 34.7 Å². The number of amides is 1. The molecule has 1 unspecified atom stereocenters. The van der Waals surface area contributed by atoms with Gasteiger partial charge in [-0.1, -0.05) is 17.7 Å². The van der Waals surface area contributed by atoms with Gasteiger partial charge in [-0.15, -0.1) is 11.3 Å². The van der Waals surface area contributed by atoms with Crippen LogP contribution in [0.4, 0.5) is 5.82 Å². The normalized spacial score (nSPS) is 11.9. The molecule has 1 amide bonds. The molecule has 20 heavy (non-hydrogen) atoms. The van der Waals surface area contributed by atoms with E-state index >= 15 is 0 Å². The molecule has 106 valence electrons. The van der Waals surface area contributed by atoms with Crippen LogP contribution in [0, 0.1) is 0 Å². The minimum Gasteiger partial charge on any atom is -0.370 e. The summed E-state index contributed by atoms with van der Waals surface area (Å²) in [4.78, 5) is 17.5. The summed E-state index contributed by atoms with van der Waals surface area (Å²) >= 11 is 7.55. The van der Waals surface area contributed by atoms with Crippen LogP contribution in [0.2, 0.25) is 5.15 Å². The van der Waals surface area contributed by atoms with Gasteiger partial charge in [-0.3, -0.25) is 4.79 Å². The Morgan fingerprint density at radius 2 is 2.30 bits per heavy atom. The third-order valence-electron chi connectivity index (χ3n) is 2.73. The number of hydrogen-bond acceptors (Lipinski definition) is 4. The van der Waals surface area contributed by atoms with Gasteiger partial charge in [0.25, 0.3) is 5.91 Å². The van der Waals surface area contributed by atoms with Crippen LogP contribution in [0.1, 0.15) is 35.1 Å². The highest BCUT2D eigenvalue weighted by atomic mass is 35.5. The van der Waals surface area contributed by atoms with Crippen LogP contribution in [-0.4, -0.2) is 17.4 Å². The van der Waals surface area contributed by atoms with Gasteiger partial charge in [-0.05, 0) is 37.4 Å². The average molecular weight is 310 g/mol. The highest BCUT2D eigenvalue weighted by molar-refractivity contribution is 7.10. The van der Waals surface area contributed by atoms with Crippen molar-refractivity contribution in [2.75, 3.05) is 11.9 Å². The predicted molar refractivity (Wildman–Crippen MR) is 83.6 cm³/mol. The summed E-state index contributed by atoms with van der Waals surface area (Å²) in [5.74, 6) is 0.447. The first kappa shape index (κ1) is 14.8. The van der Waals surface area contributed by atoms with Gasteiger partial charge in [0.05, 0.1) is 6.04 Å². The first-order valence-electron chi connectivity index (χ1n) is 6.36. The summed E-state index contributed by atoms with van der Waals surface area (Å²) in [6.07, 6.45) is 0. The average Bonchev–Trinajstić information content (AvgIpc) is 2.92. The molecule has 0 saturated carbocycles. The first-order valence-corrected chi connectivity index (χ1v) is 7.61. The Hall–Kier alpha value is -1.59. The fourth-order valence-corrected chi connectivity index (χ4v) is 2.73. The van der Waals surface area contributed by atoms with E-state index in [0.717, 1.165) is 11.4 Å². The highest BCUT2D eigenvalue weighted by Crippen LogP contribution is 2.20. The van der Waals surface area contributed by atoms with Gasteiger partial charge in [0.2, 0.25) is 0 Å². The molecule has 0 fully saturated rings. The Bertz CT molecular complexity index is 586. The smallest absolute Gasteiger partial charge is 0.252 e. The van der Waals surface area contributed by atoms with Crippen LogP contribution in [-0.2, 0) is 0 Å². The SMILES string of the molecule is CCNc1cc(C(=O)NC(C)c2cccs2)cc(Cl)n1. The summed E-state index contributed by atoms with van der Waals surface area (Å²) in [6.45, 7) is 4.64. The van der Waals surface area contributed by atoms with E-state index in [4.69, 9.17) is 11.6 Å². The number of nitrogens with one attached hydrogen (secondary N) is 2. The van der Waals surface area contributed by atoms with Crippen LogP contribution in [0.25, 0.3) is 0 Å².